The van der Waals surface area contributed by atoms with Gasteiger partial charge in [-0.15, -0.1) is 6.61 Å². The van der Waals surface area contributed by atoms with Gasteiger partial charge in [0.05, 0.1) is 0 Å². The zero-order chi connectivity index (χ0) is 6.69. The minimum absolute atomic E-state index is 0. The molecular formula is C8H9NaO. The Bertz CT molecular complexity index is 181. The van der Waals surface area contributed by atoms with Gasteiger partial charge in [-0.05, 0) is 6.92 Å². The summed E-state index contributed by atoms with van der Waals surface area (Å²) < 4.78 is 0. The van der Waals surface area contributed by atoms with Crippen LogP contribution in [0, 0.1) is 6.92 Å². The van der Waals surface area contributed by atoms with E-state index in [4.69, 9.17) is 0 Å². The second kappa shape index (κ2) is 4.91. The van der Waals surface area contributed by atoms with E-state index in [-0.39, 0.29) is 36.2 Å². The predicted octanol–water partition coefficient (Wildman–Crippen LogP) is -2.14. The van der Waals surface area contributed by atoms with E-state index in [1.54, 1.807) is 0 Å². The molecule has 0 saturated heterocycles. The maximum Gasteiger partial charge on any atom is 1.00 e. The Hall–Kier alpha value is 0.180. The van der Waals surface area contributed by atoms with Crippen molar-refractivity contribution in [2.75, 3.05) is 0 Å². The molecule has 0 aliphatic heterocycles. The van der Waals surface area contributed by atoms with Crippen molar-refractivity contribution >= 4 is 0 Å². The van der Waals surface area contributed by atoms with Crippen LogP contribution in [0.1, 0.15) is 11.1 Å². The minimum atomic E-state index is -0.111. The van der Waals surface area contributed by atoms with Gasteiger partial charge in [0, 0.05) is 0 Å². The van der Waals surface area contributed by atoms with Gasteiger partial charge in [-0.1, -0.05) is 35.4 Å². The Morgan fingerprint density at radius 1 is 1.20 bits per heavy atom. The molecule has 0 radical (unpaired) electrons. The average Bonchev–Trinajstić information content (AvgIpc) is 1.90. The molecule has 0 saturated carbocycles. The summed E-state index contributed by atoms with van der Waals surface area (Å²) in [5.74, 6) is 0. The van der Waals surface area contributed by atoms with Crippen LogP contribution in [0.5, 0.6) is 0 Å². The van der Waals surface area contributed by atoms with E-state index in [0.29, 0.717) is 0 Å². The molecule has 0 atom stereocenters. The van der Waals surface area contributed by atoms with Crippen LogP contribution in [0.4, 0.5) is 0 Å². The molecule has 0 aliphatic rings. The minimum Gasteiger partial charge on any atom is -0.851 e. The third-order valence-corrected chi connectivity index (χ3v) is 1.29. The number of rotatable bonds is 1. The predicted molar refractivity (Wildman–Crippen MR) is 34.9 cm³/mol. The van der Waals surface area contributed by atoms with Crippen molar-refractivity contribution in [2.45, 2.75) is 13.5 Å². The molecule has 10 heavy (non-hydrogen) atoms. The summed E-state index contributed by atoms with van der Waals surface area (Å²) in [7, 11) is 0. The molecule has 0 unspecified atom stereocenters. The first-order valence-corrected chi connectivity index (χ1v) is 2.96. The molecule has 1 aromatic rings. The van der Waals surface area contributed by atoms with Gasteiger partial charge in [-0.25, -0.2) is 0 Å². The van der Waals surface area contributed by atoms with Crippen LogP contribution in [-0.2, 0) is 6.61 Å². The van der Waals surface area contributed by atoms with Crippen LogP contribution < -0.4 is 34.7 Å². The van der Waals surface area contributed by atoms with Gasteiger partial charge < -0.3 is 5.11 Å². The van der Waals surface area contributed by atoms with Crippen molar-refractivity contribution in [3.05, 3.63) is 35.4 Å². The van der Waals surface area contributed by atoms with Crippen LogP contribution in [0.3, 0.4) is 0 Å². The van der Waals surface area contributed by atoms with Gasteiger partial charge in [0.25, 0.3) is 0 Å². The summed E-state index contributed by atoms with van der Waals surface area (Å²) in [6.07, 6.45) is 0. The zero-order valence-corrected chi connectivity index (χ0v) is 8.42. The van der Waals surface area contributed by atoms with E-state index in [9.17, 15) is 5.11 Å². The summed E-state index contributed by atoms with van der Waals surface area (Å²) in [5, 5.41) is 10.2. The first-order chi connectivity index (χ1) is 4.33. The van der Waals surface area contributed by atoms with Gasteiger partial charge in [0.1, 0.15) is 0 Å². The third kappa shape index (κ3) is 2.84. The molecule has 0 bridgehead atoms. The van der Waals surface area contributed by atoms with E-state index < -0.39 is 0 Å². The van der Waals surface area contributed by atoms with Gasteiger partial charge in [0.2, 0.25) is 0 Å². The maximum atomic E-state index is 10.2. The van der Waals surface area contributed by atoms with Crippen LogP contribution in [0.25, 0.3) is 0 Å². The van der Waals surface area contributed by atoms with Crippen molar-refractivity contribution in [3.8, 4) is 0 Å². The largest absolute Gasteiger partial charge is 1.00 e. The maximum absolute atomic E-state index is 10.2. The van der Waals surface area contributed by atoms with Crippen molar-refractivity contribution < 1.29 is 34.7 Å². The Kier molecular flexibility index (Phi) is 5.00. The second-order valence-corrected chi connectivity index (χ2v) is 2.13. The fraction of sp³-hybridized carbons (Fsp3) is 0.250. The molecule has 0 amide bonds. The molecule has 0 aliphatic carbocycles. The molecular weight excluding hydrogens is 135 g/mol. The Morgan fingerprint density at radius 3 is 2.10 bits per heavy atom. The van der Waals surface area contributed by atoms with E-state index in [1.165, 1.54) is 5.56 Å². The molecule has 1 nitrogen and oxygen atoms in total. The molecule has 0 spiro atoms. The zero-order valence-electron chi connectivity index (χ0n) is 6.42. The summed E-state index contributed by atoms with van der Waals surface area (Å²) in [5.41, 5.74) is 2.06. The van der Waals surface area contributed by atoms with Crippen LogP contribution in [0.2, 0.25) is 0 Å². The van der Waals surface area contributed by atoms with Crippen molar-refractivity contribution in [1.29, 1.82) is 0 Å². The fourth-order valence-electron chi connectivity index (χ4n) is 0.684. The smallest absolute Gasteiger partial charge is 0.851 e. The van der Waals surface area contributed by atoms with Crippen LogP contribution in [-0.4, -0.2) is 0 Å². The van der Waals surface area contributed by atoms with E-state index >= 15 is 0 Å². The molecule has 1 rings (SSSR count). The monoisotopic (exact) mass is 144 g/mol. The van der Waals surface area contributed by atoms with Crippen molar-refractivity contribution in [2.24, 2.45) is 0 Å². The topological polar surface area (TPSA) is 23.1 Å². The summed E-state index contributed by atoms with van der Waals surface area (Å²) in [6, 6.07) is 7.63. The first kappa shape index (κ1) is 10.2. The van der Waals surface area contributed by atoms with Gasteiger partial charge >= 0.3 is 29.6 Å². The number of benzene rings is 1. The van der Waals surface area contributed by atoms with Crippen LogP contribution in [0.15, 0.2) is 24.3 Å². The van der Waals surface area contributed by atoms with E-state index in [0.717, 1.165) is 5.56 Å². The summed E-state index contributed by atoms with van der Waals surface area (Å²) >= 11 is 0. The third-order valence-electron chi connectivity index (χ3n) is 1.29. The van der Waals surface area contributed by atoms with Crippen molar-refractivity contribution in [3.63, 3.8) is 0 Å². The molecule has 2 heteroatoms. The van der Waals surface area contributed by atoms with Gasteiger partial charge in [-0.2, -0.15) is 0 Å². The molecule has 0 heterocycles. The molecule has 0 fully saturated rings. The molecule has 1 aromatic carbocycles. The second-order valence-electron chi connectivity index (χ2n) is 2.13. The Balaban J connectivity index is 0.000000810. The molecule has 0 aromatic heterocycles. The Morgan fingerprint density at radius 2 is 1.70 bits per heavy atom. The quantitative estimate of drug-likeness (QED) is 0.412. The average molecular weight is 144 g/mol. The number of aryl methyl sites for hydroxylation is 1. The normalized spacial score (nSPS) is 8.60. The number of hydrogen-bond donors (Lipinski definition) is 0. The molecule has 0 N–H and O–H groups in total. The van der Waals surface area contributed by atoms with E-state index in [2.05, 4.69) is 0 Å². The fourth-order valence-corrected chi connectivity index (χ4v) is 0.684. The standard InChI is InChI=1S/C8H9O.Na/c1-7-2-4-8(6-9)5-3-7;/h2-5H,6H2,1H3;/q-1;+1. The van der Waals surface area contributed by atoms with Crippen LogP contribution >= 0.6 is 0 Å². The van der Waals surface area contributed by atoms with Gasteiger partial charge in [-0.3, -0.25) is 0 Å². The summed E-state index contributed by atoms with van der Waals surface area (Å²) in [6.45, 7) is 1.90. The number of hydrogen-bond acceptors (Lipinski definition) is 1. The van der Waals surface area contributed by atoms with E-state index in [1.807, 2.05) is 31.2 Å². The van der Waals surface area contributed by atoms with Gasteiger partial charge in [0.15, 0.2) is 0 Å². The SMILES string of the molecule is Cc1ccc(C[O-])cc1.[Na+]. The molecule has 48 valence electrons. The van der Waals surface area contributed by atoms with Crippen molar-refractivity contribution in [1.82, 2.24) is 0 Å². The Labute approximate surface area is 83.4 Å². The summed E-state index contributed by atoms with van der Waals surface area (Å²) in [4.78, 5) is 0. The first-order valence-electron chi connectivity index (χ1n) is 2.96.